The van der Waals surface area contributed by atoms with Crippen molar-refractivity contribution >= 4 is 17.4 Å². The summed E-state index contributed by atoms with van der Waals surface area (Å²) in [5.74, 6) is 0.633. The van der Waals surface area contributed by atoms with E-state index in [1.165, 1.54) is 39.7 Å². The van der Waals surface area contributed by atoms with Crippen molar-refractivity contribution in [1.29, 1.82) is 0 Å². The first-order valence-electron chi connectivity index (χ1n) is 9.83. The van der Waals surface area contributed by atoms with Crippen LogP contribution in [0.2, 0.25) is 0 Å². The molecule has 1 unspecified atom stereocenters. The molecule has 2 heterocycles. The third kappa shape index (κ3) is 3.46. The van der Waals surface area contributed by atoms with Crippen molar-refractivity contribution in [1.82, 2.24) is 4.57 Å². The number of ether oxygens (including phenoxy) is 1. The largest absolute Gasteiger partial charge is 0.497 e. The summed E-state index contributed by atoms with van der Waals surface area (Å²) in [6, 6.07) is 27.7. The molecule has 5 heteroatoms. The van der Waals surface area contributed by atoms with E-state index in [1.54, 1.807) is 19.2 Å². The lowest BCUT2D eigenvalue weighted by atomic mass is 10.1. The van der Waals surface area contributed by atoms with Crippen LogP contribution in [-0.4, -0.2) is 11.7 Å². The molecule has 3 nitrogen and oxygen atoms in total. The lowest BCUT2D eigenvalue weighted by Crippen LogP contribution is -2.15. The number of nitrogens with one attached hydrogen (secondary N) is 1. The van der Waals surface area contributed by atoms with Crippen LogP contribution < -0.4 is 10.1 Å². The fourth-order valence-electron chi connectivity index (χ4n) is 3.84. The minimum absolute atomic E-state index is 0.199. The number of hydrogen-bond acceptors (Lipinski definition) is 3. The Morgan fingerprint density at radius 1 is 0.933 bits per heavy atom. The first kappa shape index (κ1) is 18.8. The molecule has 0 saturated heterocycles. The monoisotopic (exact) mass is 416 g/mol. The smallest absolute Gasteiger partial charge is 0.123 e. The standard InChI is InChI=1S/C25H21FN2OS/c1-29-21-13-6-17(7-14-21)25-23-15-12-20(16-27-19-10-8-18(26)9-11-19)28(23)22-4-2-3-5-24(22)30-25/h2-15,25,27H,16H2,1H3. The van der Waals surface area contributed by atoms with Crippen LogP contribution in [0.1, 0.15) is 22.2 Å². The molecule has 1 aromatic heterocycles. The highest BCUT2D eigenvalue weighted by Crippen LogP contribution is 2.48. The van der Waals surface area contributed by atoms with Crippen molar-refractivity contribution < 1.29 is 9.13 Å². The highest BCUT2D eigenvalue weighted by Gasteiger charge is 2.28. The van der Waals surface area contributed by atoms with Gasteiger partial charge in [0.05, 0.1) is 24.6 Å². The number of fused-ring (bicyclic) bond motifs is 3. The zero-order valence-electron chi connectivity index (χ0n) is 16.5. The Balaban J connectivity index is 1.51. The second kappa shape index (κ2) is 7.92. The molecule has 3 aromatic carbocycles. The maximum Gasteiger partial charge on any atom is 0.123 e. The van der Waals surface area contributed by atoms with Crippen molar-refractivity contribution in [3.05, 3.63) is 108 Å². The Morgan fingerprint density at radius 2 is 1.70 bits per heavy atom. The number of anilines is 1. The van der Waals surface area contributed by atoms with E-state index in [-0.39, 0.29) is 11.1 Å². The lowest BCUT2D eigenvalue weighted by Gasteiger charge is -2.28. The van der Waals surface area contributed by atoms with Crippen molar-refractivity contribution in [2.24, 2.45) is 0 Å². The van der Waals surface area contributed by atoms with Gasteiger partial charge in [-0.2, -0.15) is 0 Å². The van der Waals surface area contributed by atoms with Crippen LogP contribution in [0.5, 0.6) is 5.75 Å². The van der Waals surface area contributed by atoms with Crippen molar-refractivity contribution in [3.8, 4) is 11.4 Å². The van der Waals surface area contributed by atoms with Gasteiger partial charge < -0.3 is 14.6 Å². The van der Waals surface area contributed by atoms with Crippen LogP contribution >= 0.6 is 11.8 Å². The Morgan fingerprint density at radius 3 is 2.47 bits per heavy atom. The number of thioether (sulfide) groups is 1. The number of halogens is 1. The van der Waals surface area contributed by atoms with Gasteiger partial charge in [0.15, 0.2) is 0 Å². The Bertz CT molecular complexity index is 1170. The maximum atomic E-state index is 13.2. The molecule has 0 aliphatic carbocycles. The summed E-state index contributed by atoms with van der Waals surface area (Å²) in [5.41, 5.74) is 5.76. The average Bonchev–Trinajstić information content (AvgIpc) is 3.23. The number of methoxy groups -OCH3 is 1. The van der Waals surface area contributed by atoms with E-state index in [4.69, 9.17) is 4.74 Å². The summed E-state index contributed by atoms with van der Waals surface area (Å²) >= 11 is 1.87. The summed E-state index contributed by atoms with van der Waals surface area (Å²) < 4.78 is 20.9. The number of rotatable bonds is 5. The quantitative estimate of drug-likeness (QED) is 0.406. The van der Waals surface area contributed by atoms with Gasteiger partial charge in [0.1, 0.15) is 11.6 Å². The zero-order valence-corrected chi connectivity index (χ0v) is 17.3. The lowest BCUT2D eigenvalue weighted by molar-refractivity contribution is 0.414. The number of hydrogen-bond donors (Lipinski definition) is 1. The molecule has 0 saturated carbocycles. The molecule has 0 amide bonds. The van der Waals surface area contributed by atoms with Gasteiger partial charge in [-0.15, -0.1) is 11.8 Å². The Hall–Kier alpha value is -3.18. The van der Waals surface area contributed by atoms with E-state index < -0.39 is 0 Å². The molecule has 1 atom stereocenters. The molecule has 30 heavy (non-hydrogen) atoms. The number of benzene rings is 3. The summed E-state index contributed by atoms with van der Waals surface area (Å²) in [4.78, 5) is 1.25. The average molecular weight is 417 g/mol. The minimum atomic E-state index is -0.228. The summed E-state index contributed by atoms with van der Waals surface area (Å²) in [6.45, 7) is 0.653. The Labute approximate surface area is 179 Å². The first-order chi connectivity index (χ1) is 14.7. The number of nitrogens with zero attached hydrogens (tertiary/aromatic N) is 1. The van der Waals surface area contributed by atoms with Crippen LogP contribution in [0, 0.1) is 5.82 Å². The van der Waals surface area contributed by atoms with E-state index in [9.17, 15) is 4.39 Å². The van der Waals surface area contributed by atoms with Crippen molar-refractivity contribution in [2.45, 2.75) is 16.7 Å². The molecule has 1 aliphatic heterocycles. The summed E-state index contributed by atoms with van der Waals surface area (Å²) in [6.07, 6.45) is 0. The van der Waals surface area contributed by atoms with E-state index in [0.29, 0.717) is 6.54 Å². The molecular formula is C25H21FN2OS. The maximum absolute atomic E-state index is 13.2. The number of aromatic nitrogens is 1. The van der Waals surface area contributed by atoms with Gasteiger partial charge in [-0.05, 0) is 66.2 Å². The van der Waals surface area contributed by atoms with Crippen LogP contribution in [-0.2, 0) is 6.54 Å². The van der Waals surface area contributed by atoms with Crippen LogP contribution in [0.15, 0.2) is 89.8 Å². The SMILES string of the molecule is COc1ccc(C2Sc3ccccc3-n3c(CNc4ccc(F)cc4)ccc32)cc1. The normalized spacial score (nSPS) is 14.7. The fraction of sp³-hybridized carbons (Fsp3) is 0.120. The molecule has 0 radical (unpaired) electrons. The first-order valence-corrected chi connectivity index (χ1v) is 10.7. The van der Waals surface area contributed by atoms with E-state index in [0.717, 1.165) is 11.4 Å². The van der Waals surface area contributed by atoms with E-state index in [2.05, 4.69) is 58.4 Å². The van der Waals surface area contributed by atoms with Crippen LogP contribution in [0.4, 0.5) is 10.1 Å². The van der Waals surface area contributed by atoms with Crippen LogP contribution in [0.3, 0.4) is 0 Å². The molecule has 150 valence electrons. The van der Waals surface area contributed by atoms with E-state index >= 15 is 0 Å². The van der Waals surface area contributed by atoms with Gasteiger partial charge in [0.2, 0.25) is 0 Å². The molecule has 0 bridgehead atoms. The van der Waals surface area contributed by atoms with Gasteiger partial charge >= 0.3 is 0 Å². The zero-order chi connectivity index (χ0) is 20.5. The molecule has 5 rings (SSSR count). The molecule has 1 aliphatic rings. The highest BCUT2D eigenvalue weighted by molar-refractivity contribution is 8.00. The molecule has 1 N–H and O–H groups in total. The molecular weight excluding hydrogens is 395 g/mol. The topological polar surface area (TPSA) is 26.2 Å². The van der Waals surface area contributed by atoms with Gasteiger partial charge in [-0.25, -0.2) is 4.39 Å². The second-order valence-corrected chi connectivity index (χ2v) is 8.33. The second-order valence-electron chi connectivity index (χ2n) is 7.18. The highest BCUT2D eigenvalue weighted by atomic mass is 32.2. The fourth-order valence-corrected chi connectivity index (χ4v) is 5.13. The predicted octanol–water partition coefficient (Wildman–Crippen LogP) is 6.43. The predicted molar refractivity (Wildman–Crippen MR) is 120 cm³/mol. The van der Waals surface area contributed by atoms with Crippen molar-refractivity contribution in [2.75, 3.05) is 12.4 Å². The molecule has 0 fully saturated rings. The third-order valence-electron chi connectivity index (χ3n) is 5.35. The van der Waals surface area contributed by atoms with E-state index in [1.807, 2.05) is 23.9 Å². The summed E-state index contributed by atoms with van der Waals surface area (Å²) in [7, 11) is 1.69. The van der Waals surface area contributed by atoms with Crippen LogP contribution in [0.25, 0.3) is 5.69 Å². The van der Waals surface area contributed by atoms with Gasteiger partial charge in [-0.3, -0.25) is 0 Å². The van der Waals surface area contributed by atoms with Gasteiger partial charge in [0.25, 0.3) is 0 Å². The Kier molecular flexibility index (Phi) is 4.97. The summed E-state index contributed by atoms with van der Waals surface area (Å²) in [5, 5.41) is 3.61. The van der Waals surface area contributed by atoms with Crippen molar-refractivity contribution in [3.63, 3.8) is 0 Å². The molecule has 4 aromatic rings. The third-order valence-corrected chi connectivity index (χ3v) is 6.70. The number of para-hydroxylation sites is 1. The van der Waals surface area contributed by atoms with Gasteiger partial charge in [-0.1, -0.05) is 24.3 Å². The minimum Gasteiger partial charge on any atom is -0.497 e. The molecule has 0 spiro atoms. The van der Waals surface area contributed by atoms with Gasteiger partial charge in [0, 0.05) is 22.0 Å².